The van der Waals surface area contributed by atoms with Crippen LogP contribution in [0.3, 0.4) is 0 Å². The highest BCUT2D eigenvalue weighted by atomic mass is 16.1. The number of aryl methyl sites for hydroxylation is 2. The van der Waals surface area contributed by atoms with E-state index in [0.29, 0.717) is 5.69 Å². The second kappa shape index (κ2) is 7.62. The van der Waals surface area contributed by atoms with Crippen LogP contribution in [0.25, 0.3) is 0 Å². The molecule has 3 rings (SSSR count). The van der Waals surface area contributed by atoms with E-state index in [0.717, 1.165) is 29.0 Å². The van der Waals surface area contributed by atoms with Gasteiger partial charge < -0.3 is 10.6 Å². The summed E-state index contributed by atoms with van der Waals surface area (Å²) < 4.78 is 0. The maximum absolute atomic E-state index is 12.5. The number of nitrogens with one attached hydrogen (secondary N) is 2. The zero-order chi connectivity index (χ0) is 17.6. The third-order valence-corrected chi connectivity index (χ3v) is 3.98. The Morgan fingerprint density at radius 1 is 1.00 bits per heavy atom. The molecule has 0 spiro atoms. The second-order valence-electron chi connectivity index (χ2n) is 5.89. The Morgan fingerprint density at radius 2 is 1.76 bits per heavy atom. The van der Waals surface area contributed by atoms with E-state index in [9.17, 15) is 4.79 Å². The van der Waals surface area contributed by atoms with E-state index in [1.165, 1.54) is 5.56 Å². The summed E-state index contributed by atoms with van der Waals surface area (Å²) in [4.78, 5) is 16.7. The van der Waals surface area contributed by atoms with Crippen LogP contribution in [-0.4, -0.2) is 10.9 Å². The van der Waals surface area contributed by atoms with Crippen LogP contribution in [0.2, 0.25) is 0 Å². The smallest absolute Gasteiger partial charge is 0.274 e. The monoisotopic (exact) mass is 331 g/mol. The van der Waals surface area contributed by atoms with Crippen LogP contribution in [0.1, 0.15) is 28.5 Å². The van der Waals surface area contributed by atoms with Gasteiger partial charge in [0.2, 0.25) is 0 Å². The van der Waals surface area contributed by atoms with Gasteiger partial charge in [0.05, 0.1) is 0 Å². The Balaban J connectivity index is 1.76. The van der Waals surface area contributed by atoms with Crippen molar-refractivity contribution in [2.24, 2.45) is 0 Å². The molecule has 0 saturated heterocycles. The molecule has 126 valence electrons. The summed E-state index contributed by atoms with van der Waals surface area (Å²) in [6.07, 6.45) is 2.50. The van der Waals surface area contributed by atoms with Crippen molar-refractivity contribution < 1.29 is 4.79 Å². The van der Waals surface area contributed by atoms with Gasteiger partial charge in [-0.1, -0.05) is 42.8 Å². The summed E-state index contributed by atoms with van der Waals surface area (Å²) >= 11 is 0. The summed E-state index contributed by atoms with van der Waals surface area (Å²) in [6, 6.07) is 19.5. The standard InChI is InChI=1S/C21H21N3O/c1-3-16-6-4-5-7-19(16)24-21(25)20-14-18(12-13-22-20)23-17-10-8-15(2)9-11-17/h4-14H,3H2,1-2H3,(H,22,23)(H,24,25). The molecule has 3 aromatic rings. The van der Waals surface area contributed by atoms with Crippen molar-refractivity contribution >= 4 is 23.0 Å². The van der Waals surface area contributed by atoms with E-state index in [2.05, 4.69) is 22.5 Å². The van der Waals surface area contributed by atoms with E-state index < -0.39 is 0 Å². The number of hydrogen-bond acceptors (Lipinski definition) is 3. The van der Waals surface area contributed by atoms with E-state index in [-0.39, 0.29) is 5.91 Å². The minimum Gasteiger partial charge on any atom is -0.355 e. The number of rotatable bonds is 5. The highest BCUT2D eigenvalue weighted by Crippen LogP contribution is 2.19. The lowest BCUT2D eigenvalue weighted by Crippen LogP contribution is -2.15. The topological polar surface area (TPSA) is 54.0 Å². The fraction of sp³-hybridized carbons (Fsp3) is 0.143. The van der Waals surface area contributed by atoms with E-state index in [4.69, 9.17) is 0 Å². The highest BCUT2D eigenvalue weighted by Gasteiger charge is 2.10. The fourth-order valence-corrected chi connectivity index (χ4v) is 2.57. The van der Waals surface area contributed by atoms with Gasteiger partial charge in [-0.2, -0.15) is 0 Å². The van der Waals surface area contributed by atoms with Gasteiger partial charge in [-0.15, -0.1) is 0 Å². The molecule has 0 unspecified atom stereocenters. The van der Waals surface area contributed by atoms with Gasteiger partial charge in [-0.3, -0.25) is 9.78 Å². The van der Waals surface area contributed by atoms with Crippen LogP contribution in [0.4, 0.5) is 17.1 Å². The molecule has 4 heteroatoms. The highest BCUT2D eigenvalue weighted by molar-refractivity contribution is 6.03. The van der Waals surface area contributed by atoms with Crippen molar-refractivity contribution in [3.8, 4) is 0 Å². The summed E-state index contributed by atoms with van der Waals surface area (Å²) in [5, 5.41) is 6.24. The average molecular weight is 331 g/mol. The molecule has 1 heterocycles. The first-order valence-corrected chi connectivity index (χ1v) is 8.34. The quantitative estimate of drug-likeness (QED) is 0.695. The second-order valence-corrected chi connectivity index (χ2v) is 5.89. The lowest BCUT2D eigenvalue weighted by atomic mass is 10.1. The maximum atomic E-state index is 12.5. The molecule has 1 amide bonds. The Morgan fingerprint density at radius 3 is 2.52 bits per heavy atom. The van der Waals surface area contributed by atoms with Crippen LogP contribution in [0.15, 0.2) is 66.9 Å². The number of carbonyl (C=O) groups is 1. The molecular weight excluding hydrogens is 310 g/mol. The van der Waals surface area contributed by atoms with Crippen LogP contribution >= 0.6 is 0 Å². The number of carbonyl (C=O) groups excluding carboxylic acids is 1. The van der Waals surface area contributed by atoms with Crippen LogP contribution in [0.5, 0.6) is 0 Å². The fourth-order valence-electron chi connectivity index (χ4n) is 2.57. The minimum atomic E-state index is -0.214. The molecule has 4 nitrogen and oxygen atoms in total. The summed E-state index contributed by atoms with van der Waals surface area (Å²) in [6.45, 7) is 4.11. The number of hydrogen-bond donors (Lipinski definition) is 2. The summed E-state index contributed by atoms with van der Waals surface area (Å²) in [5.41, 5.74) is 5.31. The van der Waals surface area contributed by atoms with Gasteiger partial charge in [0.25, 0.3) is 5.91 Å². The predicted octanol–water partition coefficient (Wildman–Crippen LogP) is 4.95. The van der Waals surface area contributed by atoms with Gasteiger partial charge in [-0.25, -0.2) is 0 Å². The number of aromatic nitrogens is 1. The van der Waals surface area contributed by atoms with E-state index in [1.807, 2.05) is 61.5 Å². The number of pyridine rings is 1. The van der Waals surface area contributed by atoms with Crippen molar-refractivity contribution in [2.75, 3.05) is 10.6 Å². The first kappa shape index (κ1) is 16.7. The number of anilines is 3. The Hall–Kier alpha value is -3.14. The summed E-state index contributed by atoms with van der Waals surface area (Å²) in [7, 11) is 0. The lowest BCUT2D eigenvalue weighted by molar-refractivity contribution is 0.102. The number of benzene rings is 2. The molecule has 2 N–H and O–H groups in total. The van der Waals surface area contributed by atoms with Crippen LogP contribution in [0, 0.1) is 6.92 Å². The number of amides is 1. The Kier molecular flexibility index (Phi) is 5.09. The Labute approximate surface area is 147 Å². The van der Waals surface area contributed by atoms with Crippen LogP contribution < -0.4 is 10.6 Å². The van der Waals surface area contributed by atoms with E-state index >= 15 is 0 Å². The van der Waals surface area contributed by atoms with Crippen molar-refractivity contribution in [3.63, 3.8) is 0 Å². The SMILES string of the molecule is CCc1ccccc1NC(=O)c1cc(Nc2ccc(C)cc2)ccn1. The Bertz CT molecular complexity index is 872. The molecule has 2 aromatic carbocycles. The van der Waals surface area contributed by atoms with E-state index in [1.54, 1.807) is 12.3 Å². The summed E-state index contributed by atoms with van der Waals surface area (Å²) in [5.74, 6) is -0.214. The van der Waals surface area contributed by atoms with Gasteiger partial charge in [0.1, 0.15) is 5.69 Å². The molecule has 0 radical (unpaired) electrons. The molecular formula is C21H21N3O. The first-order valence-electron chi connectivity index (χ1n) is 8.34. The average Bonchev–Trinajstić information content (AvgIpc) is 2.64. The maximum Gasteiger partial charge on any atom is 0.274 e. The number of para-hydroxylation sites is 1. The molecule has 0 atom stereocenters. The number of nitrogens with zero attached hydrogens (tertiary/aromatic N) is 1. The first-order chi connectivity index (χ1) is 12.2. The molecule has 0 aliphatic carbocycles. The molecule has 0 bridgehead atoms. The molecule has 0 aliphatic rings. The van der Waals surface area contributed by atoms with Crippen molar-refractivity contribution in [3.05, 3.63) is 83.7 Å². The van der Waals surface area contributed by atoms with Gasteiger partial charge in [-0.05, 0) is 49.2 Å². The largest absolute Gasteiger partial charge is 0.355 e. The third kappa shape index (κ3) is 4.23. The van der Waals surface area contributed by atoms with Gasteiger partial charge in [0, 0.05) is 23.3 Å². The molecule has 0 saturated carbocycles. The van der Waals surface area contributed by atoms with Crippen LogP contribution in [-0.2, 0) is 6.42 Å². The van der Waals surface area contributed by atoms with Crippen molar-refractivity contribution in [1.82, 2.24) is 4.98 Å². The normalized spacial score (nSPS) is 10.3. The zero-order valence-corrected chi connectivity index (χ0v) is 14.4. The molecule has 1 aromatic heterocycles. The van der Waals surface area contributed by atoms with Gasteiger partial charge in [0.15, 0.2) is 0 Å². The van der Waals surface area contributed by atoms with Crippen molar-refractivity contribution in [1.29, 1.82) is 0 Å². The zero-order valence-electron chi connectivity index (χ0n) is 14.4. The van der Waals surface area contributed by atoms with Gasteiger partial charge >= 0.3 is 0 Å². The molecule has 25 heavy (non-hydrogen) atoms. The molecule has 0 fully saturated rings. The van der Waals surface area contributed by atoms with Crippen molar-refractivity contribution in [2.45, 2.75) is 20.3 Å². The predicted molar refractivity (Wildman–Crippen MR) is 102 cm³/mol. The molecule has 0 aliphatic heterocycles. The lowest BCUT2D eigenvalue weighted by Gasteiger charge is -2.11. The minimum absolute atomic E-state index is 0.214. The third-order valence-electron chi connectivity index (χ3n) is 3.98.